The van der Waals surface area contributed by atoms with E-state index in [2.05, 4.69) is 10.3 Å². The van der Waals surface area contributed by atoms with Gasteiger partial charge in [0.2, 0.25) is 0 Å². The fourth-order valence-corrected chi connectivity index (χ4v) is 8.43. The van der Waals surface area contributed by atoms with Crippen LogP contribution >= 0.6 is 11.8 Å². The molecule has 2 amide bonds. The standard InChI is InChI=1S/C27H33N3O5S2/c1-17-10-9-13-21(18(17)2)30-22-15-37(33,34)16-23(22)36-25(30)29-24(31)20(14-19-11-7-6-8-12-19)28-26(32)35-27(3,4)5/h6-13,20,22-23H,14-16H2,1-5H3,(H,28,32). The Balaban J connectivity index is 1.68. The van der Waals surface area contributed by atoms with E-state index in [4.69, 9.17) is 4.74 Å². The van der Waals surface area contributed by atoms with Crippen LogP contribution in [0.1, 0.15) is 37.5 Å². The SMILES string of the molecule is Cc1cccc(N2C(=NC(=O)C(Cc3ccccc3)NC(=O)OC(C)(C)C)SC3CS(=O)(=O)CC32)c1C. The lowest BCUT2D eigenvalue weighted by Gasteiger charge is -2.27. The maximum atomic E-state index is 13.6. The molecule has 2 saturated heterocycles. The van der Waals surface area contributed by atoms with Gasteiger partial charge in [0.15, 0.2) is 15.0 Å². The van der Waals surface area contributed by atoms with Crippen LogP contribution in [-0.2, 0) is 25.8 Å². The molecule has 2 aromatic rings. The summed E-state index contributed by atoms with van der Waals surface area (Å²) in [5.41, 5.74) is 3.04. The minimum absolute atomic E-state index is 0.00879. The van der Waals surface area contributed by atoms with Gasteiger partial charge < -0.3 is 15.0 Å². The van der Waals surface area contributed by atoms with Gasteiger partial charge in [-0.05, 0) is 57.4 Å². The molecule has 2 heterocycles. The van der Waals surface area contributed by atoms with Gasteiger partial charge in [-0.15, -0.1) is 0 Å². The molecule has 1 N–H and O–H groups in total. The second-order valence-corrected chi connectivity index (χ2v) is 13.9. The molecule has 3 atom stereocenters. The van der Waals surface area contributed by atoms with Gasteiger partial charge in [0.25, 0.3) is 5.91 Å². The minimum Gasteiger partial charge on any atom is -0.444 e. The third-order valence-electron chi connectivity index (χ3n) is 6.38. The molecule has 2 aromatic carbocycles. The van der Waals surface area contributed by atoms with Crippen molar-refractivity contribution in [3.63, 3.8) is 0 Å². The van der Waals surface area contributed by atoms with E-state index in [1.165, 1.54) is 11.8 Å². The summed E-state index contributed by atoms with van der Waals surface area (Å²) in [6.45, 7) is 9.24. The molecule has 4 rings (SSSR count). The number of hydrogen-bond donors (Lipinski definition) is 1. The van der Waals surface area contributed by atoms with E-state index < -0.39 is 33.5 Å². The molecule has 2 fully saturated rings. The Morgan fingerprint density at radius 2 is 1.81 bits per heavy atom. The van der Waals surface area contributed by atoms with Gasteiger partial charge in [0, 0.05) is 17.4 Å². The van der Waals surface area contributed by atoms with Crippen LogP contribution in [0.3, 0.4) is 0 Å². The fourth-order valence-electron chi connectivity index (χ4n) is 4.51. The third kappa shape index (κ3) is 6.54. The zero-order valence-corrected chi connectivity index (χ0v) is 23.4. The Bertz CT molecular complexity index is 1320. The summed E-state index contributed by atoms with van der Waals surface area (Å²) in [4.78, 5) is 32.5. The number of amides is 2. The number of ether oxygens (including phenoxy) is 1. The molecular formula is C27H33N3O5S2. The quantitative estimate of drug-likeness (QED) is 0.607. The molecular weight excluding hydrogens is 510 g/mol. The van der Waals surface area contributed by atoms with E-state index in [0.29, 0.717) is 5.17 Å². The lowest BCUT2D eigenvalue weighted by atomic mass is 10.1. The van der Waals surface area contributed by atoms with Gasteiger partial charge in [-0.3, -0.25) is 4.79 Å². The number of thioether (sulfide) groups is 1. The predicted molar refractivity (Wildman–Crippen MR) is 148 cm³/mol. The first-order chi connectivity index (χ1) is 17.3. The highest BCUT2D eigenvalue weighted by atomic mass is 32.2. The van der Waals surface area contributed by atoms with Gasteiger partial charge in [-0.25, -0.2) is 13.2 Å². The Labute approximate surface area is 222 Å². The van der Waals surface area contributed by atoms with Crippen molar-refractivity contribution in [1.82, 2.24) is 5.32 Å². The number of amidine groups is 1. The maximum Gasteiger partial charge on any atom is 0.408 e. The molecule has 0 radical (unpaired) electrons. The zero-order valence-electron chi connectivity index (χ0n) is 21.7. The van der Waals surface area contributed by atoms with Crippen molar-refractivity contribution in [1.29, 1.82) is 0 Å². The molecule has 3 unspecified atom stereocenters. The Kier molecular flexibility index (Phi) is 7.71. The van der Waals surface area contributed by atoms with Gasteiger partial charge in [0.05, 0.1) is 17.5 Å². The summed E-state index contributed by atoms with van der Waals surface area (Å²) < 4.78 is 30.3. The molecule has 2 aliphatic heterocycles. The van der Waals surface area contributed by atoms with E-state index >= 15 is 0 Å². The molecule has 198 valence electrons. The van der Waals surface area contributed by atoms with E-state index in [0.717, 1.165) is 22.4 Å². The number of hydrogen-bond acceptors (Lipinski definition) is 6. The number of aliphatic imine (C=N–C) groups is 1. The zero-order chi connectivity index (χ0) is 27.0. The minimum atomic E-state index is -3.19. The van der Waals surface area contributed by atoms with Crippen LogP contribution < -0.4 is 10.2 Å². The number of benzene rings is 2. The smallest absolute Gasteiger partial charge is 0.408 e. The van der Waals surface area contributed by atoms with Crippen molar-refractivity contribution in [2.24, 2.45) is 4.99 Å². The average Bonchev–Trinajstić information content (AvgIpc) is 3.25. The van der Waals surface area contributed by atoms with Crippen molar-refractivity contribution in [3.8, 4) is 0 Å². The number of aryl methyl sites for hydroxylation is 1. The first kappa shape index (κ1) is 27.2. The number of carbonyl (C=O) groups is 2. The first-order valence-corrected chi connectivity index (χ1v) is 14.9. The highest BCUT2D eigenvalue weighted by Crippen LogP contribution is 2.42. The van der Waals surface area contributed by atoms with Gasteiger partial charge in [-0.2, -0.15) is 4.99 Å². The average molecular weight is 544 g/mol. The molecule has 37 heavy (non-hydrogen) atoms. The van der Waals surface area contributed by atoms with E-state index in [-0.39, 0.29) is 29.2 Å². The summed E-state index contributed by atoms with van der Waals surface area (Å²) in [6, 6.07) is 14.0. The van der Waals surface area contributed by atoms with Crippen LogP contribution in [0.25, 0.3) is 0 Å². The van der Waals surface area contributed by atoms with Crippen LogP contribution in [0.5, 0.6) is 0 Å². The summed E-state index contributed by atoms with van der Waals surface area (Å²) in [6.07, 6.45) is -0.458. The topological polar surface area (TPSA) is 105 Å². The summed E-state index contributed by atoms with van der Waals surface area (Å²) in [7, 11) is -3.19. The van der Waals surface area contributed by atoms with Crippen molar-refractivity contribution >= 4 is 44.5 Å². The molecule has 0 bridgehead atoms. The number of alkyl carbamates (subject to hydrolysis) is 1. The van der Waals surface area contributed by atoms with Crippen LogP contribution in [-0.4, -0.2) is 60.0 Å². The Morgan fingerprint density at radius 3 is 2.49 bits per heavy atom. The van der Waals surface area contributed by atoms with Gasteiger partial charge in [-0.1, -0.05) is 54.2 Å². The van der Waals surface area contributed by atoms with E-state index in [1.54, 1.807) is 20.8 Å². The molecule has 0 saturated carbocycles. The highest BCUT2D eigenvalue weighted by Gasteiger charge is 2.50. The Morgan fingerprint density at radius 1 is 1.11 bits per heavy atom. The van der Waals surface area contributed by atoms with Gasteiger partial charge >= 0.3 is 6.09 Å². The highest BCUT2D eigenvalue weighted by molar-refractivity contribution is 8.16. The van der Waals surface area contributed by atoms with Crippen molar-refractivity contribution < 1.29 is 22.7 Å². The van der Waals surface area contributed by atoms with Crippen molar-refractivity contribution in [3.05, 3.63) is 65.2 Å². The lowest BCUT2D eigenvalue weighted by Crippen LogP contribution is -2.45. The Hall–Kier alpha value is -2.85. The largest absolute Gasteiger partial charge is 0.444 e. The third-order valence-corrected chi connectivity index (χ3v) is 9.59. The molecule has 0 spiro atoms. The van der Waals surface area contributed by atoms with Crippen LogP contribution in [0, 0.1) is 13.8 Å². The summed E-state index contributed by atoms with van der Waals surface area (Å²) in [5.74, 6) is -0.467. The monoisotopic (exact) mass is 543 g/mol. The first-order valence-electron chi connectivity index (χ1n) is 12.2. The predicted octanol–water partition coefficient (Wildman–Crippen LogP) is 4.04. The summed E-state index contributed by atoms with van der Waals surface area (Å²) >= 11 is 1.31. The number of nitrogens with zero attached hydrogens (tertiary/aromatic N) is 2. The number of sulfone groups is 1. The molecule has 8 nitrogen and oxygen atoms in total. The van der Waals surface area contributed by atoms with Crippen LogP contribution in [0.2, 0.25) is 0 Å². The normalized spacial score (nSPS) is 22.5. The summed E-state index contributed by atoms with van der Waals surface area (Å²) in [5, 5.41) is 2.92. The van der Waals surface area contributed by atoms with Gasteiger partial charge in [0.1, 0.15) is 11.6 Å². The lowest BCUT2D eigenvalue weighted by molar-refractivity contribution is -0.119. The second-order valence-electron chi connectivity index (χ2n) is 10.5. The van der Waals surface area contributed by atoms with E-state index in [9.17, 15) is 18.0 Å². The molecule has 2 aliphatic rings. The fraction of sp³-hybridized carbons (Fsp3) is 0.444. The molecule has 0 aliphatic carbocycles. The molecule has 10 heteroatoms. The van der Waals surface area contributed by atoms with Crippen LogP contribution in [0.4, 0.5) is 10.5 Å². The number of fused-ring (bicyclic) bond motifs is 1. The van der Waals surface area contributed by atoms with Crippen LogP contribution in [0.15, 0.2) is 53.5 Å². The second kappa shape index (κ2) is 10.5. The van der Waals surface area contributed by atoms with Crippen molar-refractivity contribution in [2.75, 3.05) is 16.4 Å². The number of carbonyl (C=O) groups excluding carboxylic acids is 2. The number of rotatable bonds is 5. The van der Waals surface area contributed by atoms with Crippen molar-refractivity contribution in [2.45, 2.75) is 64.0 Å². The number of anilines is 1. The van der Waals surface area contributed by atoms with E-state index in [1.807, 2.05) is 67.3 Å². The maximum absolute atomic E-state index is 13.6. The number of nitrogens with one attached hydrogen (secondary N) is 1. The molecule has 0 aromatic heterocycles.